The van der Waals surface area contributed by atoms with E-state index in [1.54, 1.807) is 26.0 Å². The summed E-state index contributed by atoms with van der Waals surface area (Å²) in [5, 5.41) is 0.840. The Balaban J connectivity index is 2.75. The van der Waals surface area contributed by atoms with E-state index in [4.69, 9.17) is 11.6 Å². The van der Waals surface area contributed by atoms with Crippen molar-refractivity contribution in [3.8, 4) is 0 Å². The summed E-state index contributed by atoms with van der Waals surface area (Å²) in [6.07, 6.45) is 0. The van der Waals surface area contributed by atoms with E-state index in [2.05, 4.69) is 9.97 Å². The second kappa shape index (κ2) is 4.23. The van der Waals surface area contributed by atoms with Gasteiger partial charge in [0.05, 0.1) is 16.2 Å². The summed E-state index contributed by atoms with van der Waals surface area (Å²) >= 11 is 5.98. The summed E-state index contributed by atoms with van der Waals surface area (Å²) in [5.74, 6) is 0.622. The van der Waals surface area contributed by atoms with Crippen molar-refractivity contribution in [2.75, 3.05) is 5.75 Å². The molecule has 0 unspecified atom stereocenters. The molecular formula is C11H11ClN2O2S. The van der Waals surface area contributed by atoms with Gasteiger partial charge in [0.1, 0.15) is 11.0 Å². The smallest absolute Gasteiger partial charge is 0.178 e. The predicted molar refractivity (Wildman–Crippen MR) is 67.0 cm³/mol. The second-order valence-corrected chi connectivity index (χ2v) is 6.28. The van der Waals surface area contributed by atoms with Gasteiger partial charge in [-0.2, -0.15) is 0 Å². The normalized spacial score (nSPS) is 11.9. The fourth-order valence-electron chi connectivity index (χ4n) is 1.54. The summed E-state index contributed by atoms with van der Waals surface area (Å²) in [6, 6.07) is 4.72. The number of benzene rings is 1. The standard InChI is InChI=1S/C11H11ClN2O2S/c1-3-17(15,16)8-4-5-10-9(6-8)11(12)14-7(2)13-10/h4-6H,3H2,1-2H3. The molecule has 0 aliphatic rings. The van der Waals surface area contributed by atoms with E-state index >= 15 is 0 Å². The van der Waals surface area contributed by atoms with Crippen molar-refractivity contribution in [2.24, 2.45) is 0 Å². The summed E-state index contributed by atoms with van der Waals surface area (Å²) < 4.78 is 23.5. The molecule has 0 amide bonds. The van der Waals surface area contributed by atoms with Gasteiger partial charge in [-0.3, -0.25) is 0 Å². The first kappa shape index (κ1) is 12.3. The Kier molecular flexibility index (Phi) is 3.05. The van der Waals surface area contributed by atoms with Gasteiger partial charge in [-0.25, -0.2) is 18.4 Å². The Bertz CT molecular complexity index is 683. The number of hydrogen-bond donors (Lipinski definition) is 0. The highest BCUT2D eigenvalue weighted by Gasteiger charge is 2.13. The molecular weight excluding hydrogens is 260 g/mol. The molecule has 0 aliphatic carbocycles. The average Bonchev–Trinajstić information content (AvgIpc) is 2.28. The average molecular weight is 271 g/mol. The zero-order valence-electron chi connectivity index (χ0n) is 9.44. The molecule has 0 saturated heterocycles. The van der Waals surface area contributed by atoms with E-state index in [1.165, 1.54) is 6.07 Å². The minimum atomic E-state index is -3.23. The van der Waals surface area contributed by atoms with Gasteiger partial charge < -0.3 is 0 Å². The zero-order valence-corrected chi connectivity index (χ0v) is 11.0. The van der Waals surface area contributed by atoms with Crippen LogP contribution in [0.4, 0.5) is 0 Å². The van der Waals surface area contributed by atoms with E-state index in [1.807, 2.05) is 0 Å². The van der Waals surface area contributed by atoms with Crippen molar-refractivity contribution in [3.63, 3.8) is 0 Å². The SMILES string of the molecule is CCS(=O)(=O)c1ccc2nc(C)nc(Cl)c2c1. The number of halogens is 1. The van der Waals surface area contributed by atoms with E-state index < -0.39 is 9.84 Å². The molecule has 1 aromatic heterocycles. The Morgan fingerprint density at radius 1 is 1.29 bits per heavy atom. The molecule has 6 heteroatoms. The summed E-state index contributed by atoms with van der Waals surface area (Å²) in [6.45, 7) is 3.34. The number of aromatic nitrogens is 2. The third-order valence-electron chi connectivity index (χ3n) is 2.47. The third kappa shape index (κ3) is 2.25. The van der Waals surface area contributed by atoms with Crippen LogP contribution in [0.3, 0.4) is 0 Å². The zero-order chi connectivity index (χ0) is 12.6. The Morgan fingerprint density at radius 2 is 2.00 bits per heavy atom. The molecule has 1 aromatic carbocycles. The lowest BCUT2D eigenvalue weighted by molar-refractivity contribution is 0.597. The highest BCUT2D eigenvalue weighted by atomic mass is 35.5. The number of aryl methyl sites for hydroxylation is 1. The third-order valence-corrected chi connectivity index (χ3v) is 4.49. The monoisotopic (exact) mass is 270 g/mol. The molecule has 2 rings (SSSR count). The van der Waals surface area contributed by atoms with E-state index in [0.29, 0.717) is 16.7 Å². The topological polar surface area (TPSA) is 59.9 Å². The lowest BCUT2D eigenvalue weighted by Gasteiger charge is -2.05. The Morgan fingerprint density at radius 3 is 2.65 bits per heavy atom. The van der Waals surface area contributed by atoms with Crippen molar-refractivity contribution in [1.29, 1.82) is 0 Å². The van der Waals surface area contributed by atoms with Crippen LogP contribution in [-0.4, -0.2) is 24.1 Å². The molecule has 2 aromatic rings. The lowest BCUT2D eigenvalue weighted by Crippen LogP contribution is -2.03. The van der Waals surface area contributed by atoms with Crippen molar-refractivity contribution in [3.05, 3.63) is 29.2 Å². The van der Waals surface area contributed by atoms with Gasteiger partial charge in [0.2, 0.25) is 0 Å². The molecule has 0 fully saturated rings. The Labute approximate surface area is 105 Å². The molecule has 4 nitrogen and oxygen atoms in total. The molecule has 0 N–H and O–H groups in total. The number of nitrogens with zero attached hydrogens (tertiary/aromatic N) is 2. The molecule has 0 atom stereocenters. The van der Waals surface area contributed by atoms with Crippen LogP contribution >= 0.6 is 11.6 Å². The van der Waals surface area contributed by atoms with E-state index in [0.717, 1.165) is 0 Å². The van der Waals surface area contributed by atoms with Gasteiger partial charge in [0.25, 0.3) is 0 Å². The first-order valence-electron chi connectivity index (χ1n) is 5.10. The van der Waals surface area contributed by atoms with Crippen LogP contribution in [-0.2, 0) is 9.84 Å². The minimum Gasteiger partial charge on any atom is -0.233 e. The molecule has 0 spiro atoms. The first-order valence-corrected chi connectivity index (χ1v) is 7.13. The highest BCUT2D eigenvalue weighted by molar-refractivity contribution is 7.91. The van der Waals surface area contributed by atoms with Gasteiger partial charge in [-0.15, -0.1) is 0 Å². The van der Waals surface area contributed by atoms with Crippen molar-refractivity contribution in [1.82, 2.24) is 9.97 Å². The molecule has 17 heavy (non-hydrogen) atoms. The second-order valence-electron chi connectivity index (χ2n) is 3.64. The highest BCUT2D eigenvalue weighted by Crippen LogP contribution is 2.24. The number of hydrogen-bond acceptors (Lipinski definition) is 4. The fourth-order valence-corrected chi connectivity index (χ4v) is 2.72. The quantitative estimate of drug-likeness (QED) is 0.786. The number of sulfone groups is 1. The lowest BCUT2D eigenvalue weighted by atomic mass is 10.2. The largest absolute Gasteiger partial charge is 0.233 e. The van der Waals surface area contributed by atoms with Gasteiger partial charge in [-0.05, 0) is 25.1 Å². The van der Waals surface area contributed by atoms with Crippen molar-refractivity contribution in [2.45, 2.75) is 18.7 Å². The van der Waals surface area contributed by atoms with Crippen molar-refractivity contribution >= 4 is 32.3 Å². The number of rotatable bonds is 2. The maximum Gasteiger partial charge on any atom is 0.178 e. The maximum atomic E-state index is 11.7. The molecule has 1 heterocycles. The summed E-state index contributed by atoms with van der Waals surface area (Å²) in [4.78, 5) is 8.46. The van der Waals surface area contributed by atoms with Gasteiger partial charge in [0, 0.05) is 5.39 Å². The van der Waals surface area contributed by atoms with Crippen LogP contribution in [0.5, 0.6) is 0 Å². The molecule has 0 radical (unpaired) electrons. The van der Waals surface area contributed by atoms with Crippen LogP contribution in [0.1, 0.15) is 12.7 Å². The molecule has 0 aliphatic heterocycles. The fraction of sp³-hybridized carbons (Fsp3) is 0.273. The van der Waals surface area contributed by atoms with Gasteiger partial charge in [-0.1, -0.05) is 18.5 Å². The van der Waals surface area contributed by atoms with Crippen molar-refractivity contribution < 1.29 is 8.42 Å². The van der Waals surface area contributed by atoms with E-state index in [-0.39, 0.29) is 15.8 Å². The van der Waals surface area contributed by atoms with Crippen LogP contribution < -0.4 is 0 Å². The van der Waals surface area contributed by atoms with Crippen LogP contribution in [0.15, 0.2) is 23.1 Å². The van der Waals surface area contributed by atoms with Crippen LogP contribution in [0, 0.1) is 6.92 Å². The maximum absolute atomic E-state index is 11.7. The first-order chi connectivity index (χ1) is 7.94. The van der Waals surface area contributed by atoms with Crippen LogP contribution in [0.2, 0.25) is 5.15 Å². The van der Waals surface area contributed by atoms with Gasteiger partial charge in [0.15, 0.2) is 9.84 Å². The summed E-state index contributed by atoms with van der Waals surface area (Å²) in [5.41, 5.74) is 0.651. The van der Waals surface area contributed by atoms with Gasteiger partial charge >= 0.3 is 0 Å². The van der Waals surface area contributed by atoms with Crippen LogP contribution in [0.25, 0.3) is 10.9 Å². The molecule has 0 saturated carbocycles. The van der Waals surface area contributed by atoms with E-state index in [9.17, 15) is 8.42 Å². The summed E-state index contributed by atoms with van der Waals surface area (Å²) in [7, 11) is -3.23. The molecule has 90 valence electrons. The predicted octanol–water partition coefficient (Wildman–Crippen LogP) is 2.39. The Hall–Kier alpha value is -1.20. The number of fused-ring (bicyclic) bond motifs is 1. The molecule has 0 bridgehead atoms. The minimum absolute atomic E-state index is 0.0584.